The van der Waals surface area contributed by atoms with Gasteiger partial charge in [0.1, 0.15) is 12.0 Å². The molecule has 1 aromatic heterocycles. The van der Waals surface area contributed by atoms with Crippen LogP contribution in [0.1, 0.15) is 20.7 Å². The Morgan fingerprint density at radius 2 is 1.80 bits per heavy atom. The second kappa shape index (κ2) is 9.23. The van der Waals surface area contributed by atoms with Gasteiger partial charge in [-0.3, -0.25) is 15.6 Å². The first-order valence-electron chi connectivity index (χ1n) is 8.76. The number of esters is 1. The fraction of sp³-hybridized carbons (Fsp3) is 0.100. The number of carbonyl (C=O) groups is 2. The van der Waals surface area contributed by atoms with Crippen molar-refractivity contribution < 1.29 is 14.3 Å². The third-order valence-corrected chi connectivity index (χ3v) is 4.78. The van der Waals surface area contributed by atoms with E-state index in [-0.39, 0.29) is 17.4 Å². The summed E-state index contributed by atoms with van der Waals surface area (Å²) in [5.74, 6) is -0.272. The van der Waals surface area contributed by atoms with E-state index in [2.05, 4.69) is 36.7 Å². The number of para-hydroxylation sites is 1. The van der Waals surface area contributed by atoms with Crippen LogP contribution in [0.2, 0.25) is 0 Å². The number of anilines is 4. The van der Waals surface area contributed by atoms with Crippen molar-refractivity contribution in [2.45, 2.75) is 0 Å². The van der Waals surface area contributed by atoms with Crippen LogP contribution in [0.4, 0.5) is 23.0 Å². The molecule has 3 rings (SSSR count). The molecule has 0 aliphatic carbocycles. The lowest BCUT2D eigenvalue weighted by molar-refractivity contribution is 0.0601. The zero-order valence-corrected chi connectivity index (χ0v) is 17.8. The van der Waals surface area contributed by atoms with E-state index < -0.39 is 5.97 Å². The SMILES string of the molecule is COC(=O)c1ccccc1N(C)c1ncnc(NNC(=O)c2ccc(Br)cc2)c1N. The van der Waals surface area contributed by atoms with Crippen molar-refractivity contribution in [3.63, 3.8) is 0 Å². The summed E-state index contributed by atoms with van der Waals surface area (Å²) < 4.78 is 5.71. The molecule has 2 aromatic carbocycles. The Morgan fingerprint density at radius 3 is 2.50 bits per heavy atom. The van der Waals surface area contributed by atoms with E-state index in [0.717, 1.165) is 4.47 Å². The number of hydrazine groups is 1. The number of amides is 1. The molecule has 10 heteroatoms. The number of methoxy groups -OCH3 is 1. The molecule has 154 valence electrons. The smallest absolute Gasteiger partial charge is 0.339 e. The summed E-state index contributed by atoms with van der Waals surface area (Å²) in [6.45, 7) is 0. The van der Waals surface area contributed by atoms with Gasteiger partial charge in [0, 0.05) is 17.1 Å². The van der Waals surface area contributed by atoms with Gasteiger partial charge in [-0.15, -0.1) is 0 Å². The maximum atomic E-state index is 12.3. The Morgan fingerprint density at radius 1 is 1.10 bits per heavy atom. The average molecular weight is 471 g/mol. The fourth-order valence-corrected chi connectivity index (χ4v) is 2.97. The average Bonchev–Trinajstić information content (AvgIpc) is 2.77. The molecule has 0 unspecified atom stereocenters. The second-order valence-electron chi connectivity index (χ2n) is 6.11. The molecule has 9 nitrogen and oxygen atoms in total. The van der Waals surface area contributed by atoms with E-state index in [4.69, 9.17) is 10.5 Å². The van der Waals surface area contributed by atoms with Crippen LogP contribution in [-0.2, 0) is 4.74 Å². The van der Waals surface area contributed by atoms with Crippen LogP contribution in [-0.4, -0.2) is 36.0 Å². The van der Waals surface area contributed by atoms with Gasteiger partial charge >= 0.3 is 5.97 Å². The Hall–Kier alpha value is -3.66. The van der Waals surface area contributed by atoms with Crippen molar-refractivity contribution in [2.24, 2.45) is 0 Å². The normalized spacial score (nSPS) is 10.2. The predicted molar refractivity (Wildman–Crippen MR) is 118 cm³/mol. The fourth-order valence-electron chi connectivity index (χ4n) is 2.71. The number of carbonyl (C=O) groups excluding carboxylic acids is 2. The molecular weight excluding hydrogens is 452 g/mol. The van der Waals surface area contributed by atoms with Crippen LogP contribution in [0.25, 0.3) is 0 Å². The highest BCUT2D eigenvalue weighted by Gasteiger charge is 2.19. The van der Waals surface area contributed by atoms with Crippen LogP contribution in [0.15, 0.2) is 59.3 Å². The van der Waals surface area contributed by atoms with Gasteiger partial charge in [0.15, 0.2) is 11.6 Å². The number of nitrogen functional groups attached to an aromatic ring is 1. The van der Waals surface area contributed by atoms with Crippen molar-refractivity contribution in [2.75, 3.05) is 30.2 Å². The summed E-state index contributed by atoms with van der Waals surface area (Å²) >= 11 is 3.32. The van der Waals surface area contributed by atoms with E-state index in [9.17, 15) is 9.59 Å². The predicted octanol–water partition coefficient (Wildman–Crippen LogP) is 3.13. The third-order valence-electron chi connectivity index (χ3n) is 4.25. The van der Waals surface area contributed by atoms with Crippen LogP contribution < -0.4 is 21.5 Å². The first-order chi connectivity index (χ1) is 14.4. The molecule has 0 atom stereocenters. The number of rotatable bonds is 6. The maximum absolute atomic E-state index is 12.3. The van der Waals surface area contributed by atoms with Gasteiger partial charge in [-0.2, -0.15) is 0 Å². The van der Waals surface area contributed by atoms with Crippen molar-refractivity contribution in [1.82, 2.24) is 15.4 Å². The zero-order valence-electron chi connectivity index (χ0n) is 16.2. The Kier molecular flexibility index (Phi) is 6.48. The first-order valence-corrected chi connectivity index (χ1v) is 9.55. The molecule has 0 radical (unpaired) electrons. The minimum atomic E-state index is -0.481. The standard InChI is InChI=1S/C20H19BrN6O3/c1-27(15-6-4-3-5-14(15)20(29)30-2)18-16(22)17(23-11-24-18)25-26-19(28)12-7-9-13(21)10-8-12/h3-11H,22H2,1-2H3,(H,26,28)(H,23,24,25). The lowest BCUT2D eigenvalue weighted by Gasteiger charge is -2.23. The summed E-state index contributed by atoms with van der Waals surface area (Å²) in [6, 6.07) is 13.8. The quantitative estimate of drug-likeness (QED) is 0.370. The van der Waals surface area contributed by atoms with Gasteiger partial charge < -0.3 is 15.4 Å². The molecule has 4 N–H and O–H groups in total. The van der Waals surface area contributed by atoms with Crippen LogP contribution in [0, 0.1) is 0 Å². The molecule has 1 heterocycles. The monoisotopic (exact) mass is 470 g/mol. The van der Waals surface area contributed by atoms with Crippen LogP contribution >= 0.6 is 15.9 Å². The minimum absolute atomic E-state index is 0.191. The van der Waals surface area contributed by atoms with Gasteiger partial charge in [-0.05, 0) is 36.4 Å². The summed E-state index contributed by atoms with van der Waals surface area (Å²) in [6.07, 6.45) is 1.30. The Balaban J connectivity index is 1.82. The van der Waals surface area contributed by atoms with Gasteiger partial charge in [0.25, 0.3) is 5.91 Å². The number of nitrogens with zero attached hydrogens (tertiary/aromatic N) is 3. The van der Waals surface area contributed by atoms with Crippen molar-refractivity contribution in [1.29, 1.82) is 0 Å². The third kappa shape index (κ3) is 4.49. The highest BCUT2D eigenvalue weighted by Crippen LogP contribution is 2.32. The van der Waals surface area contributed by atoms with Crippen molar-refractivity contribution in [3.8, 4) is 0 Å². The molecule has 0 aliphatic rings. The van der Waals surface area contributed by atoms with Crippen LogP contribution in [0.3, 0.4) is 0 Å². The minimum Gasteiger partial charge on any atom is -0.465 e. The number of hydrogen-bond acceptors (Lipinski definition) is 8. The number of nitrogens with one attached hydrogen (secondary N) is 2. The molecular formula is C20H19BrN6O3. The molecule has 0 aliphatic heterocycles. The van der Waals surface area contributed by atoms with Gasteiger partial charge in [0.2, 0.25) is 0 Å². The number of halogens is 1. The topological polar surface area (TPSA) is 122 Å². The molecule has 1 amide bonds. The number of ether oxygens (including phenoxy) is 1. The molecule has 3 aromatic rings. The lowest BCUT2D eigenvalue weighted by Crippen LogP contribution is -2.30. The van der Waals surface area contributed by atoms with Gasteiger partial charge in [-0.1, -0.05) is 28.1 Å². The van der Waals surface area contributed by atoms with E-state index in [0.29, 0.717) is 22.6 Å². The first kappa shape index (κ1) is 21.1. The highest BCUT2D eigenvalue weighted by molar-refractivity contribution is 9.10. The van der Waals surface area contributed by atoms with E-state index in [1.54, 1.807) is 60.5 Å². The molecule has 0 fully saturated rings. The van der Waals surface area contributed by atoms with Crippen molar-refractivity contribution >= 4 is 50.8 Å². The molecule has 30 heavy (non-hydrogen) atoms. The van der Waals surface area contributed by atoms with E-state index >= 15 is 0 Å². The number of aromatic nitrogens is 2. The highest BCUT2D eigenvalue weighted by atomic mass is 79.9. The maximum Gasteiger partial charge on any atom is 0.339 e. The van der Waals surface area contributed by atoms with E-state index in [1.807, 2.05) is 0 Å². The molecule has 0 bridgehead atoms. The van der Waals surface area contributed by atoms with Gasteiger partial charge in [0.05, 0.1) is 18.4 Å². The largest absolute Gasteiger partial charge is 0.465 e. The number of benzene rings is 2. The van der Waals surface area contributed by atoms with Crippen LogP contribution in [0.5, 0.6) is 0 Å². The summed E-state index contributed by atoms with van der Waals surface area (Å²) in [5.41, 5.74) is 13.1. The van der Waals surface area contributed by atoms with Crippen molar-refractivity contribution in [3.05, 3.63) is 70.5 Å². The molecule has 0 saturated heterocycles. The molecule has 0 saturated carbocycles. The second-order valence-corrected chi connectivity index (χ2v) is 7.03. The Bertz CT molecular complexity index is 1070. The van der Waals surface area contributed by atoms with Gasteiger partial charge in [-0.25, -0.2) is 14.8 Å². The number of nitrogens with two attached hydrogens (primary N) is 1. The number of hydrogen-bond donors (Lipinski definition) is 3. The molecule has 0 spiro atoms. The van der Waals surface area contributed by atoms with E-state index in [1.165, 1.54) is 13.4 Å². The zero-order chi connectivity index (χ0) is 21.7. The lowest BCUT2D eigenvalue weighted by atomic mass is 10.1. The summed E-state index contributed by atoms with van der Waals surface area (Å²) in [5, 5.41) is 0. The Labute approximate surface area is 181 Å². The summed E-state index contributed by atoms with van der Waals surface area (Å²) in [7, 11) is 3.03. The summed E-state index contributed by atoms with van der Waals surface area (Å²) in [4.78, 5) is 34.3.